The molecular weight excluding hydrogens is 362 g/mol. The van der Waals surface area contributed by atoms with Gasteiger partial charge in [0.1, 0.15) is 5.82 Å². The minimum absolute atomic E-state index is 0.0735. The highest BCUT2D eigenvalue weighted by Crippen LogP contribution is 2.28. The van der Waals surface area contributed by atoms with Crippen molar-refractivity contribution in [2.45, 2.75) is 32.7 Å². The predicted molar refractivity (Wildman–Crippen MR) is 113 cm³/mol. The number of carbonyl (C=O) groups excluding carboxylic acids is 1. The molecule has 1 N–H and O–H groups in total. The molecule has 0 unspecified atom stereocenters. The second-order valence-corrected chi connectivity index (χ2v) is 7.45. The first kappa shape index (κ1) is 19.1. The second kappa shape index (κ2) is 8.39. The van der Waals surface area contributed by atoms with Crippen molar-refractivity contribution >= 4 is 11.7 Å². The molecule has 1 aromatic carbocycles. The molecule has 0 bridgehead atoms. The molecule has 1 aliphatic heterocycles. The van der Waals surface area contributed by atoms with E-state index in [0.717, 1.165) is 35.6 Å². The Morgan fingerprint density at radius 3 is 2.72 bits per heavy atom. The zero-order valence-corrected chi connectivity index (χ0v) is 16.8. The quantitative estimate of drug-likeness (QED) is 0.723. The van der Waals surface area contributed by atoms with Gasteiger partial charge >= 0.3 is 0 Å². The van der Waals surface area contributed by atoms with Gasteiger partial charge in [-0.2, -0.15) is 0 Å². The zero-order chi connectivity index (χ0) is 20.2. The number of hydrogen-bond donors (Lipinski definition) is 1. The number of pyridine rings is 1. The van der Waals surface area contributed by atoms with Gasteiger partial charge in [0.15, 0.2) is 5.82 Å². The highest BCUT2D eigenvalue weighted by molar-refractivity contribution is 5.74. The van der Waals surface area contributed by atoms with E-state index in [0.29, 0.717) is 24.8 Å². The third-order valence-corrected chi connectivity index (χ3v) is 5.37. The molecule has 1 aliphatic rings. The maximum Gasteiger partial charge on any atom is 0.219 e. The number of nitrogens with one attached hydrogen (secondary N) is 1. The van der Waals surface area contributed by atoms with Gasteiger partial charge in [0.25, 0.3) is 0 Å². The van der Waals surface area contributed by atoms with E-state index in [1.807, 2.05) is 23.1 Å². The number of carbonyl (C=O) groups is 1. The first-order chi connectivity index (χ1) is 14.1. The standard InChI is InChI=1S/C23H25N5O/c1-16(18-7-4-3-5-8-18)13-25-23-20-10-12-28(17(2)29)15-21(20)26-22(27-23)19-9-6-11-24-14-19/h3-9,11,14,16H,10,12-13,15H2,1-2H3,(H,25,26,27)/t16-/m1/s1. The van der Waals surface area contributed by atoms with Gasteiger partial charge in [0.2, 0.25) is 5.91 Å². The number of rotatable bonds is 5. The summed E-state index contributed by atoms with van der Waals surface area (Å²) in [6.07, 6.45) is 4.26. The lowest BCUT2D eigenvalue weighted by Crippen LogP contribution is -2.35. The maximum absolute atomic E-state index is 11.9. The van der Waals surface area contributed by atoms with Crippen molar-refractivity contribution in [3.63, 3.8) is 0 Å². The molecule has 0 aliphatic carbocycles. The average molecular weight is 387 g/mol. The monoisotopic (exact) mass is 387 g/mol. The number of amides is 1. The van der Waals surface area contributed by atoms with Gasteiger partial charge in [-0.15, -0.1) is 0 Å². The van der Waals surface area contributed by atoms with Crippen LogP contribution in [-0.2, 0) is 17.8 Å². The summed E-state index contributed by atoms with van der Waals surface area (Å²) in [7, 11) is 0. The van der Waals surface area contributed by atoms with Crippen LogP contribution in [0.4, 0.5) is 5.82 Å². The molecule has 6 nitrogen and oxygen atoms in total. The molecule has 3 heterocycles. The van der Waals surface area contributed by atoms with Crippen molar-refractivity contribution in [1.82, 2.24) is 19.9 Å². The Labute approximate surface area is 171 Å². The summed E-state index contributed by atoms with van der Waals surface area (Å²) < 4.78 is 0. The molecule has 1 atom stereocenters. The number of fused-ring (bicyclic) bond motifs is 1. The lowest BCUT2D eigenvalue weighted by Gasteiger charge is -2.29. The second-order valence-electron chi connectivity index (χ2n) is 7.45. The minimum Gasteiger partial charge on any atom is -0.369 e. The van der Waals surface area contributed by atoms with Crippen molar-refractivity contribution in [2.75, 3.05) is 18.4 Å². The molecule has 0 saturated carbocycles. The van der Waals surface area contributed by atoms with Gasteiger partial charge in [-0.25, -0.2) is 9.97 Å². The first-order valence-electron chi connectivity index (χ1n) is 9.96. The Morgan fingerprint density at radius 2 is 2.00 bits per heavy atom. The molecule has 0 spiro atoms. The van der Waals surface area contributed by atoms with Crippen LogP contribution in [0.15, 0.2) is 54.9 Å². The van der Waals surface area contributed by atoms with E-state index in [1.165, 1.54) is 5.56 Å². The lowest BCUT2D eigenvalue weighted by atomic mass is 10.0. The van der Waals surface area contributed by atoms with Crippen molar-refractivity contribution in [3.8, 4) is 11.4 Å². The fraction of sp³-hybridized carbons (Fsp3) is 0.304. The average Bonchev–Trinajstić information content (AvgIpc) is 2.77. The minimum atomic E-state index is 0.0735. The Morgan fingerprint density at radius 1 is 1.17 bits per heavy atom. The Balaban J connectivity index is 1.65. The number of benzene rings is 1. The van der Waals surface area contributed by atoms with E-state index in [9.17, 15) is 4.79 Å². The van der Waals surface area contributed by atoms with Crippen molar-refractivity contribution in [3.05, 3.63) is 71.7 Å². The molecular formula is C23H25N5O. The van der Waals surface area contributed by atoms with Crippen LogP contribution >= 0.6 is 0 Å². The first-order valence-corrected chi connectivity index (χ1v) is 9.96. The fourth-order valence-electron chi connectivity index (χ4n) is 3.62. The van der Waals surface area contributed by atoms with E-state index < -0.39 is 0 Å². The molecule has 0 fully saturated rings. The summed E-state index contributed by atoms with van der Waals surface area (Å²) in [5.41, 5.74) is 4.18. The van der Waals surface area contributed by atoms with Gasteiger partial charge < -0.3 is 10.2 Å². The van der Waals surface area contributed by atoms with Gasteiger partial charge in [0.05, 0.1) is 12.2 Å². The molecule has 3 aromatic rings. The van der Waals surface area contributed by atoms with Crippen LogP contribution in [0, 0.1) is 0 Å². The van der Waals surface area contributed by atoms with E-state index in [2.05, 4.69) is 41.5 Å². The van der Waals surface area contributed by atoms with Gasteiger partial charge in [0, 0.05) is 43.5 Å². The normalized spacial score (nSPS) is 14.2. The predicted octanol–water partition coefficient (Wildman–Crippen LogP) is 3.66. The molecule has 0 saturated heterocycles. The lowest BCUT2D eigenvalue weighted by molar-refractivity contribution is -0.129. The SMILES string of the molecule is CC(=O)N1CCc2c(nc(-c3cccnc3)nc2NC[C@@H](C)c2ccccc2)C1. The third-order valence-electron chi connectivity index (χ3n) is 5.37. The molecule has 29 heavy (non-hydrogen) atoms. The summed E-state index contributed by atoms with van der Waals surface area (Å²) >= 11 is 0. The van der Waals surface area contributed by atoms with E-state index in [4.69, 9.17) is 9.97 Å². The van der Waals surface area contributed by atoms with E-state index in [1.54, 1.807) is 19.3 Å². The Bertz CT molecular complexity index is 991. The summed E-state index contributed by atoms with van der Waals surface area (Å²) in [6.45, 7) is 5.80. The van der Waals surface area contributed by atoms with Crippen molar-refractivity contribution in [2.24, 2.45) is 0 Å². The van der Waals surface area contributed by atoms with E-state index >= 15 is 0 Å². The zero-order valence-electron chi connectivity index (χ0n) is 16.8. The summed E-state index contributed by atoms with van der Waals surface area (Å²) in [4.78, 5) is 27.5. The highest BCUT2D eigenvalue weighted by atomic mass is 16.2. The summed E-state index contributed by atoms with van der Waals surface area (Å²) in [6, 6.07) is 14.3. The summed E-state index contributed by atoms with van der Waals surface area (Å²) in [5, 5.41) is 3.55. The molecule has 6 heteroatoms. The molecule has 0 radical (unpaired) electrons. The number of nitrogens with zero attached hydrogens (tertiary/aromatic N) is 4. The van der Waals surface area contributed by atoms with Gasteiger partial charge in [-0.1, -0.05) is 37.3 Å². The number of anilines is 1. The van der Waals surface area contributed by atoms with Crippen LogP contribution in [-0.4, -0.2) is 38.8 Å². The smallest absolute Gasteiger partial charge is 0.219 e. The largest absolute Gasteiger partial charge is 0.369 e. The molecule has 148 valence electrons. The van der Waals surface area contributed by atoms with Crippen LogP contribution in [0.5, 0.6) is 0 Å². The summed E-state index contributed by atoms with van der Waals surface area (Å²) in [5.74, 6) is 1.92. The number of aromatic nitrogens is 3. The van der Waals surface area contributed by atoms with Crippen molar-refractivity contribution < 1.29 is 4.79 Å². The van der Waals surface area contributed by atoms with Gasteiger partial charge in [-0.3, -0.25) is 9.78 Å². The van der Waals surface area contributed by atoms with Crippen LogP contribution in [0.2, 0.25) is 0 Å². The Hall–Kier alpha value is -3.28. The van der Waals surface area contributed by atoms with E-state index in [-0.39, 0.29) is 5.91 Å². The maximum atomic E-state index is 11.9. The fourth-order valence-corrected chi connectivity index (χ4v) is 3.62. The highest BCUT2D eigenvalue weighted by Gasteiger charge is 2.24. The Kier molecular flexibility index (Phi) is 5.51. The van der Waals surface area contributed by atoms with Crippen LogP contribution < -0.4 is 5.32 Å². The topological polar surface area (TPSA) is 71.0 Å². The third kappa shape index (κ3) is 4.26. The van der Waals surface area contributed by atoms with Crippen LogP contribution in [0.25, 0.3) is 11.4 Å². The molecule has 1 amide bonds. The van der Waals surface area contributed by atoms with Crippen LogP contribution in [0.3, 0.4) is 0 Å². The van der Waals surface area contributed by atoms with Crippen LogP contribution in [0.1, 0.15) is 36.6 Å². The molecule has 2 aromatic heterocycles. The molecule has 4 rings (SSSR count). The van der Waals surface area contributed by atoms with Gasteiger partial charge in [-0.05, 0) is 30.0 Å². The van der Waals surface area contributed by atoms with Crippen molar-refractivity contribution in [1.29, 1.82) is 0 Å². The number of hydrogen-bond acceptors (Lipinski definition) is 5.